The molecule has 1 atom stereocenters. The number of hydrogen-bond acceptors (Lipinski definition) is 2. The lowest BCUT2D eigenvalue weighted by molar-refractivity contribution is -0.127. The Hall–Kier alpha value is -1.84. The first-order valence-corrected chi connectivity index (χ1v) is 8.72. The highest BCUT2D eigenvalue weighted by atomic mass is 16.2. The highest BCUT2D eigenvalue weighted by Gasteiger charge is 2.34. The van der Waals surface area contributed by atoms with Gasteiger partial charge in [-0.1, -0.05) is 18.9 Å². The zero-order valence-electron chi connectivity index (χ0n) is 14.1. The molecule has 1 saturated carbocycles. The molecule has 0 spiro atoms. The monoisotopic (exact) mass is 314 g/mol. The van der Waals surface area contributed by atoms with Crippen molar-refractivity contribution in [2.45, 2.75) is 58.4 Å². The maximum absolute atomic E-state index is 12.6. The van der Waals surface area contributed by atoms with E-state index in [9.17, 15) is 9.59 Å². The van der Waals surface area contributed by atoms with Gasteiger partial charge in [0.25, 0.3) is 0 Å². The number of benzene rings is 1. The SMILES string of the molecule is Cc1cc(C)cc(N2CCC(NC(=O)CC3CCCC3)C2=O)c1. The van der Waals surface area contributed by atoms with Gasteiger partial charge in [0.1, 0.15) is 6.04 Å². The molecule has 1 aliphatic heterocycles. The normalized spacial score (nSPS) is 21.9. The van der Waals surface area contributed by atoms with Crippen molar-refractivity contribution >= 4 is 17.5 Å². The van der Waals surface area contributed by atoms with Gasteiger partial charge < -0.3 is 10.2 Å². The first-order chi connectivity index (χ1) is 11.0. The second-order valence-corrected chi connectivity index (χ2v) is 7.10. The number of carbonyl (C=O) groups excluding carboxylic acids is 2. The van der Waals surface area contributed by atoms with Crippen LogP contribution in [0.3, 0.4) is 0 Å². The number of hydrogen-bond donors (Lipinski definition) is 1. The summed E-state index contributed by atoms with van der Waals surface area (Å²) in [6, 6.07) is 5.82. The van der Waals surface area contributed by atoms with Crippen LogP contribution in [0.2, 0.25) is 0 Å². The van der Waals surface area contributed by atoms with Crippen molar-refractivity contribution in [2.75, 3.05) is 11.4 Å². The number of amides is 2. The molecule has 1 aromatic rings. The van der Waals surface area contributed by atoms with Crippen LogP contribution >= 0.6 is 0 Å². The molecule has 4 nitrogen and oxygen atoms in total. The minimum absolute atomic E-state index is 0.0229. The van der Waals surface area contributed by atoms with E-state index in [1.165, 1.54) is 12.8 Å². The van der Waals surface area contributed by atoms with Gasteiger partial charge in [-0.3, -0.25) is 9.59 Å². The van der Waals surface area contributed by atoms with E-state index in [1.54, 1.807) is 4.90 Å². The standard InChI is InChI=1S/C19H26N2O2/c1-13-9-14(2)11-16(10-13)21-8-7-17(19(21)23)20-18(22)12-15-5-3-4-6-15/h9-11,15,17H,3-8,12H2,1-2H3,(H,20,22). The molecule has 1 heterocycles. The number of rotatable bonds is 4. The largest absolute Gasteiger partial charge is 0.344 e. The minimum atomic E-state index is -0.357. The van der Waals surface area contributed by atoms with Crippen molar-refractivity contribution in [3.05, 3.63) is 29.3 Å². The Kier molecular flexibility index (Phi) is 4.69. The van der Waals surface area contributed by atoms with Crippen LogP contribution in [0, 0.1) is 19.8 Å². The smallest absolute Gasteiger partial charge is 0.249 e. The predicted octanol–water partition coefficient (Wildman–Crippen LogP) is 3.11. The van der Waals surface area contributed by atoms with Crippen LogP contribution in [-0.4, -0.2) is 24.4 Å². The van der Waals surface area contributed by atoms with Crippen LogP contribution in [0.1, 0.15) is 49.7 Å². The first-order valence-electron chi connectivity index (χ1n) is 8.72. The number of carbonyl (C=O) groups is 2. The van der Waals surface area contributed by atoms with Crippen LogP contribution in [0.25, 0.3) is 0 Å². The number of nitrogens with zero attached hydrogens (tertiary/aromatic N) is 1. The number of nitrogens with one attached hydrogen (secondary N) is 1. The quantitative estimate of drug-likeness (QED) is 0.928. The van der Waals surface area contributed by atoms with Crippen LogP contribution in [-0.2, 0) is 9.59 Å². The lowest BCUT2D eigenvalue weighted by Gasteiger charge is -2.19. The molecular formula is C19H26N2O2. The molecule has 124 valence electrons. The van der Waals surface area contributed by atoms with E-state index in [1.807, 2.05) is 26.0 Å². The Labute approximate surface area is 138 Å². The van der Waals surface area contributed by atoms with Crippen molar-refractivity contribution < 1.29 is 9.59 Å². The van der Waals surface area contributed by atoms with Crippen molar-refractivity contribution in [1.29, 1.82) is 0 Å². The molecule has 23 heavy (non-hydrogen) atoms. The lowest BCUT2D eigenvalue weighted by atomic mass is 10.0. The summed E-state index contributed by atoms with van der Waals surface area (Å²) >= 11 is 0. The highest BCUT2D eigenvalue weighted by molar-refractivity contribution is 6.01. The van der Waals surface area contributed by atoms with E-state index in [-0.39, 0.29) is 17.9 Å². The molecule has 2 fully saturated rings. The summed E-state index contributed by atoms with van der Waals surface area (Å²) in [6.45, 7) is 4.76. The number of anilines is 1. The molecule has 3 rings (SSSR count). The van der Waals surface area contributed by atoms with E-state index in [0.29, 0.717) is 25.3 Å². The summed E-state index contributed by atoms with van der Waals surface area (Å²) in [5.74, 6) is 0.578. The highest BCUT2D eigenvalue weighted by Crippen LogP contribution is 2.28. The third kappa shape index (κ3) is 3.74. The molecule has 0 aromatic heterocycles. The van der Waals surface area contributed by atoms with Crippen LogP contribution in [0.5, 0.6) is 0 Å². The van der Waals surface area contributed by atoms with E-state index < -0.39 is 0 Å². The van der Waals surface area contributed by atoms with E-state index in [2.05, 4.69) is 11.4 Å². The zero-order valence-corrected chi connectivity index (χ0v) is 14.1. The Balaban J connectivity index is 1.60. The van der Waals surface area contributed by atoms with Gasteiger partial charge in [-0.05, 0) is 62.3 Å². The van der Waals surface area contributed by atoms with Gasteiger partial charge in [0, 0.05) is 18.7 Å². The third-order valence-electron chi connectivity index (χ3n) is 5.01. The second-order valence-electron chi connectivity index (χ2n) is 7.10. The van der Waals surface area contributed by atoms with Crippen molar-refractivity contribution in [3.63, 3.8) is 0 Å². The van der Waals surface area contributed by atoms with Crippen molar-refractivity contribution in [1.82, 2.24) is 5.32 Å². The van der Waals surface area contributed by atoms with Gasteiger partial charge >= 0.3 is 0 Å². The summed E-state index contributed by atoms with van der Waals surface area (Å²) in [5.41, 5.74) is 3.25. The molecule has 1 unspecified atom stereocenters. The summed E-state index contributed by atoms with van der Waals surface area (Å²) in [5, 5.41) is 2.95. The third-order valence-corrected chi connectivity index (χ3v) is 5.01. The Bertz CT molecular complexity index is 585. The Morgan fingerprint density at radius 2 is 1.78 bits per heavy atom. The van der Waals surface area contributed by atoms with Crippen LogP contribution < -0.4 is 10.2 Å². The van der Waals surface area contributed by atoms with Gasteiger partial charge in [-0.2, -0.15) is 0 Å². The summed E-state index contributed by atoms with van der Waals surface area (Å²) in [6.07, 6.45) is 6.05. The molecule has 1 N–H and O–H groups in total. The van der Waals surface area contributed by atoms with Gasteiger partial charge in [-0.15, -0.1) is 0 Å². The molecule has 4 heteroatoms. The predicted molar refractivity (Wildman–Crippen MR) is 91.4 cm³/mol. The molecule has 1 saturated heterocycles. The molecule has 0 bridgehead atoms. The van der Waals surface area contributed by atoms with Gasteiger partial charge in [0.2, 0.25) is 11.8 Å². The topological polar surface area (TPSA) is 49.4 Å². The van der Waals surface area contributed by atoms with E-state index >= 15 is 0 Å². The van der Waals surface area contributed by atoms with Gasteiger partial charge in [0.05, 0.1) is 0 Å². The first kappa shape index (κ1) is 16.0. The molecule has 2 amide bonds. The molecule has 1 aromatic carbocycles. The summed E-state index contributed by atoms with van der Waals surface area (Å²) in [7, 11) is 0. The maximum atomic E-state index is 12.6. The second kappa shape index (κ2) is 6.73. The molecule has 1 aliphatic carbocycles. The Morgan fingerprint density at radius 3 is 2.43 bits per heavy atom. The molecular weight excluding hydrogens is 288 g/mol. The van der Waals surface area contributed by atoms with Crippen LogP contribution in [0.15, 0.2) is 18.2 Å². The molecule has 0 radical (unpaired) electrons. The fourth-order valence-corrected chi connectivity index (χ4v) is 3.91. The summed E-state index contributed by atoms with van der Waals surface area (Å²) < 4.78 is 0. The fourth-order valence-electron chi connectivity index (χ4n) is 3.91. The van der Waals surface area contributed by atoms with Crippen LogP contribution in [0.4, 0.5) is 5.69 Å². The van der Waals surface area contributed by atoms with Crippen molar-refractivity contribution in [2.24, 2.45) is 5.92 Å². The Morgan fingerprint density at radius 1 is 1.13 bits per heavy atom. The average molecular weight is 314 g/mol. The van der Waals surface area contributed by atoms with Gasteiger partial charge in [-0.25, -0.2) is 0 Å². The maximum Gasteiger partial charge on any atom is 0.249 e. The molecule has 2 aliphatic rings. The zero-order chi connectivity index (χ0) is 16.4. The lowest BCUT2D eigenvalue weighted by Crippen LogP contribution is -2.42. The van der Waals surface area contributed by atoms with Crippen molar-refractivity contribution in [3.8, 4) is 0 Å². The summed E-state index contributed by atoms with van der Waals surface area (Å²) in [4.78, 5) is 26.6. The fraction of sp³-hybridized carbons (Fsp3) is 0.579. The minimum Gasteiger partial charge on any atom is -0.344 e. The van der Waals surface area contributed by atoms with E-state index in [4.69, 9.17) is 0 Å². The number of aryl methyl sites for hydroxylation is 2. The average Bonchev–Trinajstić information content (AvgIpc) is 3.09. The van der Waals surface area contributed by atoms with E-state index in [0.717, 1.165) is 29.7 Å². The van der Waals surface area contributed by atoms with Gasteiger partial charge in [0.15, 0.2) is 0 Å².